The Bertz CT molecular complexity index is 867. The molecule has 3 aromatic heterocycles. The van der Waals surface area contributed by atoms with Crippen molar-refractivity contribution in [2.24, 2.45) is 5.92 Å². The van der Waals surface area contributed by atoms with E-state index in [-0.39, 0.29) is 11.8 Å². The van der Waals surface area contributed by atoms with Gasteiger partial charge in [0.15, 0.2) is 11.6 Å². The lowest BCUT2D eigenvalue weighted by atomic mass is 9.96. The molecule has 0 radical (unpaired) electrons. The van der Waals surface area contributed by atoms with Crippen molar-refractivity contribution in [3.8, 4) is 11.5 Å². The van der Waals surface area contributed by atoms with Crippen LogP contribution in [0.1, 0.15) is 18.5 Å². The number of rotatable bonds is 4. The molecular weight excluding hydrogens is 350 g/mol. The second-order valence-electron chi connectivity index (χ2n) is 6.34. The number of piperidine rings is 1. The van der Waals surface area contributed by atoms with Gasteiger partial charge in [0.25, 0.3) is 0 Å². The van der Waals surface area contributed by atoms with Crippen LogP contribution < -0.4 is 10.2 Å². The zero-order valence-corrected chi connectivity index (χ0v) is 15.2. The lowest BCUT2D eigenvalue weighted by Gasteiger charge is -2.31. The highest BCUT2D eigenvalue weighted by Crippen LogP contribution is 2.25. The normalized spacial score (nSPS) is 15.2. The average molecular weight is 369 g/mol. The molecule has 0 saturated carbocycles. The van der Waals surface area contributed by atoms with Crippen molar-refractivity contribution in [3.05, 3.63) is 42.3 Å². The molecule has 8 heteroatoms. The molecule has 0 unspecified atom stereocenters. The van der Waals surface area contributed by atoms with Crippen LogP contribution in [0.15, 0.2) is 41.0 Å². The van der Waals surface area contributed by atoms with Gasteiger partial charge in [0.2, 0.25) is 5.91 Å². The molecule has 0 aromatic carbocycles. The molecule has 0 spiro atoms. The van der Waals surface area contributed by atoms with E-state index in [4.69, 9.17) is 4.42 Å². The van der Waals surface area contributed by atoms with Crippen molar-refractivity contribution in [1.82, 2.24) is 14.6 Å². The maximum Gasteiger partial charge on any atom is 0.228 e. The highest BCUT2D eigenvalue weighted by atomic mass is 32.1. The summed E-state index contributed by atoms with van der Waals surface area (Å²) < 4.78 is 9.52. The van der Waals surface area contributed by atoms with E-state index in [1.807, 2.05) is 37.3 Å². The molecular formula is C18H19N5O2S. The number of hydrogen-bond acceptors (Lipinski definition) is 7. The smallest absolute Gasteiger partial charge is 0.228 e. The van der Waals surface area contributed by atoms with Crippen LogP contribution in [0.5, 0.6) is 0 Å². The Morgan fingerprint density at radius 3 is 2.73 bits per heavy atom. The van der Waals surface area contributed by atoms with E-state index in [1.165, 1.54) is 11.5 Å². The minimum absolute atomic E-state index is 0.0176. The Kier molecular flexibility index (Phi) is 4.66. The number of amides is 1. The van der Waals surface area contributed by atoms with Crippen molar-refractivity contribution in [2.75, 3.05) is 23.3 Å². The Morgan fingerprint density at radius 1 is 1.27 bits per heavy atom. The Balaban J connectivity index is 1.33. The van der Waals surface area contributed by atoms with Crippen LogP contribution >= 0.6 is 11.5 Å². The van der Waals surface area contributed by atoms with Crippen molar-refractivity contribution >= 4 is 28.3 Å². The predicted octanol–water partition coefficient (Wildman–Crippen LogP) is 3.36. The summed E-state index contributed by atoms with van der Waals surface area (Å²) in [5, 5.41) is 12.3. The number of carbonyl (C=O) groups is 1. The molecule has 0 aliphatic carbocycles. The highest BCUT2D eigenvalue weighted by Gasteiger charge is 2.26. The van der Waals surface area contributed by atoms with Crippen LogP contribution in [0.2, 0.25) is 0 Å². The van der Waals surface area contributed by atoms with E-state index in [0.717, 1.165) is 42.4 Å². The fourth-order valence-electron chi connectivity index (χ4n) is 3.07. The summed E-state index contributed by atoms with van der Waals surface area (Å²) in [6.45, 7) is 3.49. The number of aromatic nitrogens is 3. The molecule has 4 rings (SSSR count). The molecule has 1 aliphatic heterocycles. The molecule has 26 heavy (non-hydrogen) atoms. The largest absolute Gasteiger partial charge is 0.463 e. The van der Waals surface area contributed by atoms with E-state index < -0.39 is 0 Å². The van der Waals surface area contributed by atoms with Gasteiger partial charge in [-0.05, 0) is 61.6 Å². The zero-order chi connectivity index (χ0) is 17.9. The van der Waals surface area contributed by atoms with E-state index in [2.05, 4.69) is 24.8 Å². The van der Waals surface area contributed by atoms with E-state index in [1.54, 1.807) is 6.26 Å². The zero-order valence-electron chi connectivity index (χ0n) is 14.4. The predicted molar refractivity (Wildman–Crippen MR) is 100 cm³/mol. The molecule has 1 saturated heterocycles. The van der Waals surface area contributed by atoms with Gasteiger partial charge in [0.1, 0.15) is 10.7 Å². The highest BCUT2D eigenvalue weighted by molar-refractivity contribution is 7.10. The fraction of sp³-hybridized carbons (Fsp3) is 0.333. The quantitative estimate of drug-likeness (QED) is 0.759. The van der Waals surface area contributed by atoms with Gasteiger partial charge in [-0.3, -0.25) is 4.79 Å². The number of anilines is 2. The summed E-state index contributed by atoms with van der Waals surface area (Å²) in [4.78, 5) is 14.6. The second-order valence-corrected chi connectivity index (χ2v) is 7.14. The van der Waals surface area contributed by atoms with Crippen molar-refractivity contribution < 1.29 is 9.21 Å². The van der Waals surface area contributed by atoms with E-state index in [0.29, 0.717) is 11.5 Å². The van der Waals surface area contributed by atoms with Crippen LogP contribution in [0, 0.1) is 12.8 Å². The van der Waals surface area contributed by atoms with Gasteiger partial charge in [-0.25, -0.2) is 0 Å². The molecule has 3 aromatic rings. The topological polar surface area (TPSA) is 84.2 Å². The van der Waals surface area contributed by atoms with Crippen LogP contribution in [-0.4, -0.2) is 33.6 Å². The standard InChI is InChI=1S/C18H19N5O2S/c1-12-11-17(26-22-12)19-18(24)13-6-8-23(9-7-13)16-5-4-14(20-21-16)15-3-2-10-25-15/h2-5,10-11,13H,6-9H2,1H3,(H,19,24). The maximum atomic E-state index is 12.4. The summed E-state index contributed by atoms with van der Waals surface area (Å²) in [5.41, 5.74) is 1.64. The summed E-state index contributed by atoms with van der Waals surface area (Å²) in [6.07, 6.45) is 3.21. The Labute approximate surface area is 155 Å². The first-order valence-electron chi connectivity index (χ1n) is 8.56. The molecule has 7 nitrogen and oxygen atoms in total. The summed E-state index contributed by atoms with van der Waals surface area (Å²) >= 11 is 1.32. The van der Waals surface area contributed by atoms with E-state index in [9.17, 15) is 4.79 Å². The number of hydrogen-bond donors (Lipinski definition) is 1. The van der Waals surface area contributed by atoms with Gasteiger partial charge in [-0.2, -0.15) is 4.37 Å². The maximum absolute atomic E-state index is 12.4. The molecule has 1 amide bonds. The van der Waals surface area contributed by atoms with Gasteiger partial charge in [-0.1, -0.05) is 0 Å². The SMILES string of the molecule is Cc1cc(NC(=O)C2CCN(c3ccc(-c4ccco4)nn3)CC2)sn1. The van der Waals surface area contributed by atoms with Gasteiger partial charge in [-0.15, -0.1) is 10.2 Å². The van der Waals surface area contributed by atoms with Crippen molar-refractivity contribution in [3.63, 3.8) is 0 Å². The van der Waals surface area contributed by atoms with Crippen molar-refractivity contribution in [1.29, 1.82) is 0 Å². The molecule has 4 heterocycles. The van der Waals surface area contributed by atoms with Crippen LogP contribution in [0.3, 0.4) is 0 Å². The fourth-order valence-corrected chi connectivity index (χ4v) is 3.73. The molecule has 0 atom stereocenters. The van der Waals surface area contributed by atoms with Gasteiger partial charge in [0.05, 0.1) is 12.0 Å². The van der Waals surface area contributed by atoms with Gasteiger partial charge in [0, 0.05) is 19.0 Å². The number of nitrogens with one attached hydrogen (secondary N) is 1. The Morgan fingerprint density at radius 2 is 2.12 bits per heavy atom. The molecule has 134 valence electrons. The van der Waals surface area contributed by atoms with Crippen LogP contribution in [-0.2, 0) is 4.79 Å². The average Bonchev–Trinajstić information content (AvgIpc) is 3.34. The number of carbonyl (C=O) groups excluding carboxylic acids is 1. The minimum atomic E-state index is 0.0176. The van der Waals surface area contributed by atoms with Gasteiger partial charge < -0.3 is 14.6 Å². The number of furan rings is 1. The summed E-state index contributed by atoms with van der Waals surface area (Å²) in [5.74, 6) is 1.63. The number of nitrogens with zero attached hydrogens (tertiary/aromatic N) is 4. The first-order chi connectivity index (χ1) is 12.7. The van der Waals surface area contributed by atoms with Crippen LogP contribution in [0.25, 0.3) is 11.5 Å². The second kappa shape index (κ2) is 7.25. The first-order valence-corrected chi connectivity index (χ1v) is 9.33. The van der Waals surface area contributed by atoms with E-state index >= 15 is 0 Å². The monoisotopic (exact) mass is 369 g/mol. The molecule has 1 N–H and O–H groups in total. The minimum Gasteiger partial charge on any atom is -0.463 e. The summed E-state index contributed by atoms with van der Waals surface area (Å²) in [6, 6.07) is 9.44. The van der Waals surface area contributed by atoms with Crippen LogP contribution in [0.4, 0.5) is 10.8 Å². The summed E-state index contributed by atoms with van der Waals surface area (Å²) in [7, 11) is 0. The third kappa shape index (κ3) is 3.60. The molecule has 1 aliphatic rings. The first kappa shape index (κ1) is 16.7. The van der Waals surface area contributed by atoms with Crippen molar-refractivity contribution in [2.45, 2.75) is 19.8 Å². The van der Waals surface area contributed by atoms with Gasteiger partial charge >= 0.3 is 0 Å². The third-order valence-corrected chi connectivity index (χ3v) is 5.28. The molecule has 1 fully saturated rings. The third-order valence-electron chi connectivity index (χ3n) is 4.49. The number of aryl methyl sites for hydroxylation is 1. The molecule has 0 bridgehead atoms. The lowest BCUT2D eigenvalue weighted by Crippen LogP contribution is -2.38. The Hall–Kier alpha value is -2.74. The lowest BCUT2D eigenvalue weighted by molar-refractivity contribution is -0.120.